The van der Waals surface area contributed by atoms with E-state index in [1.807, 2.05) is 42.5 Å². The molecule has 0 aliphatic rings. The number of carbonyl (C=O) groups excluding carboxylic acids is 2. The molecule has 4 heteroatoms. The number of carbonyl (C=O) groups is 2. The monoisotopic (exact) mass is 298 g/mol. The van der Waals surface area contributed by atoms with Crippen molar-refractivity contribution in [3.63, 3.8) is 0 Å². The average Bonchev–Trinajstić information content (AvgIpc) is 2.59. The molecule has 2 aromatic rings. The molecule has 0 aromatic heterocycles. The van der Waals surface area contributed by atoms with Crippen LogP contribution in [0.2, 0.25) is 0 Å². The Balaban J connectivity index is 1.98. The van der Waals surface area contributed by atoms with E-state index in [-0.39, 0.29) is 12.4 Å². The number of hydrogen-bond acceptors (Lipinski definition) is 4. The van der Waals surface area contributed by atoms with Gasteiger partial charge in [-0.1, -0.05) is 54.6 Å². The lowest BCUT2D eigenvalue weighted by Gasteiger charge is -2.09. The van der Waals surface area contributed by atoms with Crippen molar-refractivity contribution in [1.29, 1.82) is 0 Å². The van der Waals surface area contributed by atoms with E-state index in [2.05, 4.69) is 0 Å². The number of rotatable bonds is 6. The zero-order valence-corrected chi connectivity index (χ0v) is 12.6. The largest absolute Gasteiger partial charge is 0.455 e. The summed E-state index contributed by atoms with van der Waals surface area (Å²) in [6.07, 6.45) is -0.673. The van der Waals surface area contributed by atoms with Crippen molar-refractivity contribution < 1.29 is 19.1 Å². The van der Waals surface area contributed by atoms with E-state index < -0.39 is 12.1 Å². The molecule has 114 valence electrons. The van der Waals surface area contributed by atoms with Gasteiger partial charge in [0.2, 0.25) is 0 Å². The van der Waals surface area contributed by atoms with Gasteiger partial charge in [0, 0.05) is 12.7 Å². The Morgan fingerprint density at radius 3 is 2.14 bits per heavy atom. The average molecular weight is 298 g/mol. The molecule has 0 amide bonds. The van der Waals surface area contributed by atoms with Crippen molar-refractivity contribution in [3.05, 3.63) is 60.2 Å². The van der Waals surface area contributed by atoms with Crippen LogP contribution in [-0.2, 0) is 14.3 Å². The van der Waals surface area contributed by atoms with Gasteiger partial charge in [0.15, 0.2) is 18.5 Å². The fraction of sp³-hybridized carbons (Fsp3) is 0.222. The van der Waals surface area contributed by atoms with Crippen LogP contribution in [0.5, 0.6) is 0 Å². The van der Waals surface area contributed by atoms with Crippen LogP contribution >= 0.6 is 0 Å². The SMILES string of the molecule is CO[C@@H](C)C(=O)OCC(=O)c1ccc(-c2ccccc2)cc1. The van der Waals surface area contributed by atoms with Gasteiger partial charge in [0.1, 0.15) is 0 Å². The van der Waals surface area contributed by atoms with Crippen molar-refractivity contribution in [3.8, 4) is 11.1 Å². The number of methoxy groups -OCH3 is 1. The van der Waals surface area contributed by atoms with Gasteiger partial charge in [0.05, 0.1) is 0 Å². The van der Waals surface area contributed by atoms with Crippen molar-refractivity contribution in [2.45, 2.75) is 13.0 Å². The quantitative estimate of drug-likeness (QED) is 0.607. The predicted octanol–water partition coefficient (Wildman–Crippen LogP) is 3.11. The highest BCUT2D eigenvalue weighted by Gasteiger charge is 2.15. The smallest absolute Gasteiger partial charge is 0.335 e. The minimum Gasteiger partial charge on any atom is -0.455 e. The highest BCUT2D eigenvalue weighted by molar-refractivity contribution is 5.98. The third-order valence-corrected chi connectivity index (χ3v) is 3.35. The summed E-state index contributed by atoms with van der Waals surface area (Å²) in [6, 6.07) is 17.1. The zero-order valence-electron chi connectivity index (χ0n) is 12.6. The molecule has 4 nitrogen and oxygen atoms in total. The Morgan fingerprint density at radius 1 is 0.955 bits per heavy atom. The molecule has 0 spiro atoms. The van der Waals surface area contributed by atoms with Gasteiger partial charge >= 0.3 is 5.97 Å². The lowest BCUT2D eigenvalue weighted by atomic mass is 10.0. The zero-order chi connectivity index (χ0) is 15.9. The summed E-state index contributed by atoms with van der Waals surface area (Å²) in [6.45, 7) is 1.29. The molecular formula is C18H18O4. The van der Waals surface area contributed by atoms with Crippen LogP contribution in [0.25, 0.3) is 11.1 Å². The van der Waals surface area contributed by atoms with Crippen molar-refractivity contribution in [2.75, 3.05) is 13.7 Å². The number of Topliss-reactive ketones (excluding diaryl/α,β-unsaturated/α-hetero) is 1. The minimum atomic E-state index is -0.673. The Kier molecular flexibility index (Phi) is 5.44. The molecule has 0 saturated carbocycles. The van der Waals surface area contributed by atoms with Crippen molar-refractivity contribution in [1.82, 2.24) is 0 Å². The molecule has 0 N–H and O–H groups in total. The summed E-state index contributed by atoms with van der Waals surface area (Å²) >= 11 is 0. The number of esters is 1. The van der Waals surface area contributed by atoms with Crippen LogP contribution in [0.15, 0.2) is 54.6 Å². The lowest BCUT2D eigenvalue weighted by Crippen LogP contribution is -2.24. The Labute approximate surface area is 129 Å². The molecule has 2 rings (SSSR count). The second-order valence-electron chi connectivity index (χ2n) is 4.85. The molecule has 0 bridgehead atoms. The van der Waals surface area contributed by atoms with Crippen LogP contribution in [0.3, 0.4) is 0 Å². The molecule has 2 aromatic carbocycles. The maximum atomic E-state index is 12.0. The maximum Gasteiger partial charge on any atom is 0.335 e. The third-order valence-electron chi connectivity index (χ3n) is 3.35. The number of hydrogen-bond donors (Lipinski definition) is 0. The van der Waals surface area contributed by atoms with Crippen molar-refractivity contribution >= 4 is 11.8 Å². The van der Waals surface area contributed by atoms with E-state index in [4.69, 9.17) is 9.47 Å². The van der Waals surface area contributed by atoms with Gasteiger partial charge in [0.25, 0.3) is 0 Å². The Hall–Kier alpha value is -2.46. The van der Waals surface area contributed by atoms with Crippen LogP contribution in [0.1, 0.15) is 17.3 Å². The highest BCUT2D eigenvalue weighted by Crippen LogP contribution is 2.19. The van der Waals surface area contributed by atoms with Crippen LogP contribution in [0.4, 0.5) is 0 Å². The molecule has 0 heterocycles. The number of ketones is 1. The molecule has 0 fully saturated rings. The standard InChI is InChI=1S/C18H18O4/c1-13(21-2)18(20)22-12-17(19)16-10-8-15(9-11-16)14-6-4-3-5-7-14/h3-11,13H,12H2,1-2H3/t13-/m0/s1. The van der Waals surface area contributed by atoms with E-state index in [1.54, 1.807) is 19.1 Å². The lowest BCUT2D eigenvalue weighted by molar-refractivity contribution is -0.153. The summed E-state index contributed by atoms with van der Waals surface area (Å²) in [4.78, 5) is 23.4. The maximum absolute atomic E-state index is 12.0. The first kappa shape index (κ1) is 15.9. The Bertz CT molecular complexity index is 632. The van der Waals surface area contributed by atoms with Crippen LogP contribution < -0.4 is 0 Å². The Morgan fingerprint density at radius 2 is 1.55 bits per heavy atom. The second kappa shape index (κ2) is 7.52. The van der Waals surface area contributed by atoms with Crippen molar-refractivity contribution in [2.24, 2.45) is 0 Å². The van der Waals surface area contributed by atoms with E-state index >= 15 is 0 Å². The second-order valence-corrected chi connectivity index (χ2v) is 4.85. The van der Waals surface area contributed by atoms with E-state index in [0.29, 0.717) is 5.56 Å². The molecule has 0 radical (unpaired) electrons. The van der Waals surface area contributed by atoms with E-state index in [9.17, 15) is 9.59 Å². The summed E-state index contributed by atoms with van der Waals surface area (Å²) in [5.41, 5.74) is 2.63. The molecular weight excluding hydrogens is 280 g/mol. The van der Waals surface area contributed by atoms with Gasteiger partial charge in [-0.15, -0.1) is 0 Å². The fourth-order valence-electron chi connectivity index (χ4n) is 1.91. The predicted molar refractivity (Wildman–Crippen MR) is 83.6 cm³/mol. The molecule has 0 aliphatic heterocycles. The highest BCUT2D eigenvalue weighted by atomic mass is 16.6. The van der Waals surface area contributed by atoms with Gasteiger partial charge in [-0.05, 0) is 18.1 Å². The summed E-state index contributed by atoms with van der Waals surface area (Å²) in [5.74, 6) is -0.784. The molecule has 1 atom stereocenters. The van der Waals surface area contributed by atoms with Gasteiger partial charge in [-0.3, -0.25) is 4.79 Å². The summed E-state index contributed by atoms with van der Waals surface area (Å²) in [7, 11) is 1.41. The van der Waals surface area contributed by atoms with Gasteiger partial charge in [-0.2, -0.15) is 0 Å². The van der Waals surface area contributed by atoms with Crippen LogP contribution in [-0.4, -0.2) is 31.6 Å². The first-order valence-corrected chi connectivity index (χ1v) is 7.00. The summed E-state index contributed by atoms with van der Waals surface area (Å²) in [5, 5.41) is 0. The first-order valence-electron chi connectivity index (χ1n) is 7.00. The normalized spacial score (nSPS) is 11.7. The van der Waals surface area contributed by atoms with Crippen LogP contribution in [0, 0.1) is 0 Å². The van der Waals surface area contributed by atoms with Gasteiger partial charge in [-0.25, -0.2) is 4.79 Å². The number of benzene rings is 2. The molecule has 0 unspecified atom stereocenters. The first-order chi connectivity index (χ1) is 10.6. The third kappa shape index (κ3) is 4.02. The topological polar surface area (TPSA) is 52.6 Å². The van der Waals surface area contributed by atoms with E-state index in [0.717, 1.165) is 11.1 Å². The van der Waals surface area contributed by atoms with E-state index in [1.165, 1.54) is 7.11 Å². The molecule has 22 heavy (non-hydrogen) atoms. The summed E-state index contributed by atoms with van der Waals surface area (Å²) < 4.78 is 9.74. The molecule has 0 saturated heterocycles. The minimum absolute atomic E-state index is 0.240. The fourth-order valence-corrected chi connectivity index (χ4v) is 1.91. The number of ether oxygens (including phenoxy) is 2. The molecule has 0 aliphatic carbocycles. The van der Waals surface area contributed by atoms with Gasteiger partial charge < -0.3 is 9.47 Å².